The predicted octanol–water partition coefficient (Wildman–Crippen LogP) is -0.619. The summed E-state index contributed by atoms with van der Waals surface area (Å²) < 4.78 is 5.14. The molecular weight excluding hydrogens is 196 g/mol. The number of aliphatic hydroxyl groups is 1. The van der Waals surface area contributed by atoms with Gasteiger partial charge in [-0.25, -0.2) is 0 Å². The van der Waals surface area contributed by atoms with E-state index in [2.05, 4.69) is 5.32 Å². The van der Waals surface area contributed by atoms with E-state index in [-0.39, 0.29) is 12.5 Å². The van der Waals surface area contributed by atoms with Crippen molar-refractivity contribution >= 4 is 5.91 Å². The van der Waals surface area contributed by atoms with Crippen LogP contribution in [-0.2, 0) is 9.53 Å². The van der Waals surface area contributed by atoms with Crippen molar-refractivity contribution in [3.63, 3.8) is 0 Å². The Bertz CT molecular complexity index is 229. The zero-order chi connectivity index (χ0) is 11.5. The van der Waals surface area contributed by atoms with Gasteiger partial charge in [0.2, 0.25) is 5.91 Å². The van der Waals surface area contributed by atoms with Crippen LogP contribution >= 0.6 is 0 Å². The van der Waals surface area contributed by atoms with Crippen LogP contribution in [-0.4, -0.2) is 41.9 Å². The number of hydrogen-bond donors (Lipinski definition) is 3. The predicted molar refractivity (Wildman–Crippen MR) is 56.3 cm³/mol. The lowest BCUT2D eigenvalue weighted by atomic mass is 9.94. The van der Waals surface area contributed by atoms with Gasteiger partial charge in [0.05, 0.1) is 11.1 Å². The van der Waals surface area contributed by atoms with E-state index >= 15 is 0 Å². The summed E-state index contributed by atoms with van der Waals surface area (Å²) in [7, 11) is 0. The molecule has 1 aliphatic rings. The molecule has 0 bridgehead atoms. The van der Waals surface area contributed by atoms with E-state index in [1.54, 1.807) is 13.8 Å². The van der Waals surface area contributed by atoms with Gasteiger partial charge < -0.3 is 20.9 Å². The van der Waals surface area contributed by atoms with Gasteiger partial charge in [-0.1, -0.05) is 0 Å². The molecule has 4 N–H and O–H groups in total. The molecule has 0 spiro atoms. The van der Waals surface area contributed by atoms with Crippen LogP contribution in [0.4, 0.5) is 0 Å². The molecule has 1 saturated heterocycles. The molecule has 0 aliphatic carbocycles. The lowest BCUT2D eigenvalue weighted by molar-refractivity contribution is -0.128. The van der Waals surface area contributed by atoms with Crippen molar-refractivity contribution in [2.24, 2.45) is 5.73 Å². The zero-order valence-corrected chi connectivity index (χ0v) is 9.38. The normalized spacial score (nSPS) is 21.1. The van der Waals surface area contributed by atoms with E-state index in [0.29, 0.717) is 26.1 Å². The fourth-order valence-electron chi connectivity index (χ4n) is 1.40. The quantitative estimate of drug-likeness (QED) is 0.587. The third kappa shape index (κ3) is 3.77. The Morgan fingerprint density at radius 1 is 1.53 bits per heavy atom. The number of rotatable bonds is 3. The van der Waals surface area contributed by atoms with Gasteiger partial charge in [-0.05, 0) is 13.8 Å². The molecule has 88 valence electrons. The molecular formula is C10H20N2O3. The van der Waals surface area contributed by atoms with Crippen molar-refractivity contribution in [3.8, 4) is 0 Å². The van der Waals surface area contributed by atoms with Gasteiger partial charge in [0.25, 0.3) is 0 Å². The summed E-state index contributed by atoms with van der Waals surface area (Å²) in [6.07, 6.45) is 1.11. The summed E-state index contributed by atoms with van der Waals surface area (Å²) in [6.45, 7) is 4.60. The Labute approximate surface area is 90.0 Å². The monoisotopic (exact) mass is 216 g/mol. The summed E-state index contributed by atoms with van der Waals surface area (Å²) in [5.74, 6) is -0.248. The summed E-state index contributed by atoms with van der Waals surface area (Å²) in [5.41, 5.74) is 3.88. The summed E-state index contributed by atoms with van der Waals surface area (Å²) in [6, 6.07) is 0. The lowest BCUT2D eigenvalue weighted by Gasteiger charge is -2.33. The first-order valence-corrected chi connectivity index (χ1v) is 5.21. The van der Waals surface area contributed by atoms with E-state index < -0.39 is 11.1 Å². The van der Waals surface area contributed by atoms with Crippen molar-refractivity contribution in [2.45, 2.75) is 37.8 Å². The Morgan fingerprint density at radius 2 is 2.07 bits per heavy atom. The maximum absolute atomic E-state index is 11.5. The van der Waals surface area contributed by atoms with Crippen LogP contribution in [0.2, 0.25) is 0 Å². The van der Waals surface area contributed by atoms with Gasteiger partial charge in [0.1, 0.15) is 0 Å². The number of nitrogens with two attached hydrogens (primary N) is 1. The Kier molecular flexibility index (Phi) is 3.70. The molecule has 0 atom stereocenters. The van der Waals surface area contributed by atoms with Crippen LogP contribution in [0.15, 0.2) is 0 Å². The maximum atomic E-state index is 11.5. The summed E-state index contributed by atoms with van der Waals surface area (Å²) in [5, 5.41) is 12.7. The molecule has 0 aromatic rings. The minimum atomic E-state index is -0.901. The second-order valence-corrected chi connectivity index (χ2v) is 4.74. The first-order valence-electron chi connectivity index (χ1n) is 5.21. The number of carbonyl (C=O) groups is 1. The van der Waals surface area contributed by atoms with E-state index in [1.807, 2.05) is 0 Å². The highest BCUT2D eigenvalue weighted by molar-refractivity contribution is 5.85. The largest absolute Gasteiger partial charge is 0.388 e. The van der Waals surface area contributed by atoms with Gasteiger partial charge >= 0.3 is 0 Å². The molecule has 15 heavy (non-hydrogen) atoms. The molecule has 0 aromatic carbocycles. The number of nitrogens with one attached hydrogen (secondary N) is 1. The second-order valence-electron chi connectivity index (χ2n) is 4.74. The SMILES string of the molecule is CC(C)(N)C(=O)NCC1(O)CCOCC1. The van der Waals surface area contributed by atoms with E-state index in [0.717, 1.165) is 0 Å². The van der Waals surface area contributed by atoms with Gasteiger partial charge in [-0.2, -0.15) is 0 Å². The molecule has 0 unspecified atom stereocenters. The third-order valence-corrected chi connectivity index (χ3v) is 2.59. The average molecular weight is 216 g/mol. The standard InChI is InChI=1S/C10H20N2O3/c1-9(2,11)8(13)12-7-10(14)3-5-15-6-4-10/h14H,3-7,11H2,1-2H3,(H,12,13). The molecule has 5 nitrogen and oxygen atoms in total. The van der Waals surface area contributed by atoms with Crippen LogP contribution < -0.4 is 11.1 Å². The molecule has 1 heterocycles. The molecule has 5 heteroatoms. The minimum Gasteiger partial charge on any atom is -0.388 e. The van der Waals surface area contributed by atoms with Crippen LogP contribution in [0.3, 0.4) is 0 Å². The summed E-state index contributed by atoms with van der Waals surface area (Å²) in [4.78, 5) is 11.5. The number of amides is 1. The minimum absolute atomic E-state index is 0.246. The molecule has 1 fully saturated rings. The third-order valence-electron chi connectivity index (χ3n) is 2.59. The van der Waals surface area contributed by atoms with Crippen molar-refractivity contribution < 1.29 is 14.6 Å². The van der Waals surface area contributed by atoms with Crippen LogP contribution in [0.25, 0.3) is 0 Å². The van der Waals surface area contributed by atoms with Gasteiger partial charge in [0, 0.05) is 32.6 Å². The van der Waals surface area contributed by atoms with E-state index in [1.165, 1.54) is 0 Å². The van der Waals surface area contributed by atoms with Crippen molar-refractivity contribution in [1.29, 1.82) is 0 Å². The topological polar surface area (TPSA) is 84.6 Å². The molecule has 1 amide bonds. The highest BCUT2D eigenvalue weighted by Crippen LogP contribution is 2.19. The average Bonchev–Trinajstić information content (AvgIpc) is 2.14. The zero-order valence-electron chi connectivity index (χ0n) is 9.38. The fourth-order valence-corrected chi connectivity index (χ4v) is 1.40. The first-order chi connectivity index (χ1) is 6.83. The Hall–Kier alpha value is -0.650. The highest BCUT2D eigenvalue weighted by atomic mass is 16.5. The van der Waals surface area contributed by atoms with E-state index in [4.69, 9.17) is 10.5 Å². The van der Waals surface area contributed by atoms with Gasteiger partial charge in [-0.15, -0.1) is 0 Å². The fraction of sp³-hybridized carbons (Fsp3) is 0.900. The van der Waals surface area contributed by atoms with Crippen LogP contribution in [0, 0.1) is 0 Å². The smallest absolute Gasteiger partial charge is 0.239 e. The van der Waals surface area contributed by atoms with Crippen molar-refractivity contribution in [3.05, 3.63) is 0 Å². The van der Waals surface area contributed by atoms with Crippen molar-refractivity contribution in [1.82, 2.24) is 5.32 Å². The van der Waals surface area contributed by atoms with Crippen LogP contribution in [0.1, 0.15) is 26.7 Å². The Balaban J connectivity index is 2.38. The van der Waals surface area contributed by atoms with Gasteiger partial charge in [-0.3, -0.25) is 4.79 Å². The van der Waals surface area contributed by atoms with Gasteiger partial charge in [0.15, 0.2) is 0 Å². The van der Waals surface area contributed by atoms with Crippen LogP contribution in [0.5, 0.6) is 0 Å². The molecule has 0 aromatic heterocycles. The number of carbonyl (C=O) groups excluding carboxylic acids is 1. The first kappa shape index (κ1) is 12.4. The van der Waals surface area contributed by atoms with E-state index in [9.17, 15) is 9.90 Å². The molecule has 0 saturated carbocycles. The molecule has 0 radical (unpaired) electrons. The number of hydrogen-bond acceptors (Lipinski definition) is 4. The van der Waals surface area contributed by atoms with Crippen molar-refractivity contribution in [2.75, 3.05) is 19.8 Å². The Morgan fingerprint density at radius 3 is 2.53 bits per heavy atom. The maximum Gasteiger partial charge on any atom is 0.239 e. The molecule has 1 aliphatic heterocycles. The molecule has 1 rings (SSSR count). The second kappa shape index (κ2) is 4.47. The highest BCUT2D eigenvalue weighted by Gasteiger charge is 2.31. The lowest BCUT2D eigenvalue weighted by Crippen LogP contribution is -2.54. The number of ether oxygens (including phenoxy) is 1. The summed E-state index contributed by atoms with van der Waals surface area (Å²) >= 11 is 0.